The van der Waals surface area contributed by atoms with E-state index in [1.165, 1.54) is 11.1 Å². The number of furan rings is 1. The molecule has 19 heavy (non-hydrogen) atoms. The first-order chi connectivity index (χ1) is 9.28. The Morgan fingerprint density at radius 2 is 1.89 bits per heavy atom. The molecule has 1 aromatic heterocycles. The molecule has 1 aliphatic carbocycles. The molecule has 2 aromatic rings. The number of fused-ring (bicyclic) bond motifs is 1. The number of benzene rings is 1. The molecule has 1 unspecified atom stereocenters. The van der Waals surface area contributed by atoms with E-state index in [4.69, 9.17) is 4.42 Å². The van der Waals surface area contributed by atoms with Gasteiger partial charge in [0.15, 0.2) is 4.67 Å². The number of hydrogen-bond donors (Lipinski definition) is 1. The van der Waals surface area contributed by atoms with Gasteiger partial charge in [-0.3, -0.25) is 0 Å². The fraction of sp³-hybridized carbons (Fsp3) is 0.375. The van der Waals surface area contributed by atoms with Gasteiger partial charge in [0.05, 0.1) is 6.04 Å². The van der Waals surface area contributed by atoms with Crippen LogP contribution in [0.4, 0.5) is 0 Å². The Morgan fingerprint density at radius 1 is 1.21 bits per heavy atom. The van der Waals surface area contributed by atoms with Gasteiger partial charge in [-0.25, -0.2) is 0 Å². The van der Waals surface area contributed by atoms with E-state index in [0.717, 1.165) is 29.8 Å². The van der Waals surface area contributed by atoms with Gasteiger partial charge in [-0.05, 0) is 64.5 Å². The second-order valence-corrected chi connectivity index (χ2v) is 5.90. The molecule has 1 atom stereocenters. The molecule has 2 nitrogen and oxygen atoms in total. The highest BCUT2D eigenvalue weighted by atomic mass is 79.9. The maximum Gasteiger partial charge on any atom is 0.169 e. The first-order valence-corrected chi connectivity index (χ1v) is 7.62. The number of hydrogen-bond acceptors (Lipinski definition) is 2. The maximum absolute atomic E-state index is 5.76. The van der Waals surface area contributed by atoms with Crippen molar-refractivity contribution in [3.05, 3.63) is 58.0 Å². The van der Waals surface area contributed by atoms with Gasteiger partial charge in [0.25, 0.3) is 0 Å². The summed E-state index contributed by atoms with van der Waals surface area (Å²) in [4.78, 5) is 0. The van der Waals surface area contributed by atoms with Gasteiger partial charge in [0, 0.05) is 0 Å². The predicted octanol–water partition coefficient (Wildman–Crippen LogP) is 4.11. The van der Waals surface area contributed by atoms with E-state index in [1.807, 2.05) is 6.07 Å². The third kappa shape index (κ3) is 2.63. The van der Waals surface area contributed by atoms with Crippen LogP contribution in [0, 0.1) is 5.92 Å². The molecule has 1 aromatic carbocycles. The van der Waals surface area contributed by atoms with Crippen molar-refractivity contribution in [2.24, 2.45) is 5.92 Å². The third-order valence-electron chi connectivity index (χ3n) is 3.88. The molecule has 0 radical (unpaired) electrons. The van der Waals surface area contributed by atoms with E-state index in [1.54, 1.807) is 0 Å². The van der Waals surface area contributed by atoms with E-state index >= 15 is 0 Å². The molecule has 3 heteroatoms. The van der Waals surface area contributed by atoms with E-state index in [0.29, 0.717) is 12.0 Å². The molecule has 0 saturated heterocycles. The molecular formula is C16H18BrNO. The zero-order valence-corrected chi connectivity index (χ0v) is 12.6. The topological polar surface area (TPSA) is 25.2 Å². The van der Waals surface area contributed by atoms with Crippen molar-refractivity contribution in [1.82, 2.24) is 5.32 Å². The van der Waals surface area contributed by atoms with Crippen LogP contribution in [0.5, 0.6) is 0 Å². The molecule has 1 N–H and O–H groups in total. The normalized spacial score (nSPS) is 16.5. The van der Waals surface area contributed by atoms with Crippen LogP contribution in [0.15, 0.2) is 45.5 Å². The maximum atomic E-state index is 5.76. The summed E-state index contributed by atoms with van der Waals surface area (Å²) in [5, 5.41) is 3.57. The summed E-state index contributed by atoms with van der Waals surface area (Å²) in [6.45, 7) is 3.10. The van der Waals surface area contributed by atoms with Gasteiger partial charge in [0.2, 0.25) is 0 Å². The van der Waals surface area contributed by atoms with Crippen LogP contribution in [0.2, 0.25) is 0 Å². The number of rotatable bonds is 4. The lowest BCUT2D eigenvalue weighted by Gasteiger charge is -2.22. The zero-order chi connectivity index (χ0) is 13.2. The molecule has 0 fully saturated rings. The molecule has 0 amide bonds. The molecule has 1 heterocycles. The molecule has 3 rings (SSSR count). The first kappa shape index (κ1) is 12.9. The van der Waals surface area contributed by atoms with Crippen LogP contribution in [0.3, 0.4) is 0 Å². The SMILES string of the molecule is CCNC(c1ccc(Br)o1)C1Cc2ccccc2C1. The number of nitrogens with one attached hydrogen (secondary N) is 1. The zero-order valence-electron chi connectivity index (χ0n) is 11.0. The van der Waals surface area contributed by atoms with Crippen LogP contribution in [0.1, 0.15) is 29.9 Å². The molecule has 0 aliphatic heterocycles. The van der Waals surface area contributed by atoms with Crippen LogP contribution >= 0.6 is 15.9 Å². The molecule has 0 bridgehead atoms. The molecule has 100 valence electrons. The van der Waals surface area contributed by atoms with Crippen LogP contribution in [0.25, 0.3) is 0 Å². The van der Waals surface area contributed by atoms with Gasteiger partial charge >= 0.3 is 0 Å². The summed E-state index contributed by atoms with van der Waals surface area (Å²) >= 11 is 3.39. The van der Waals surface area contributed by atoms with Crippen molar-refractivity contribution >= 4 is 15.9 Å². The minimum Gasteiger partial charge on any atom is -0.453 e. The van der Waals surface area contributed by atoms with Crippen molar-refractivity contribution in [2.75, 3.05) is 6.54 Å². The van der Waals surface area contributed by atoms with Crippen molar-refractivity contribution in [3.8, 4) is 0 Å². The van der Waals surface area contributed by atoms with E-state index in [-0.39, 0.29) is 0 Å². The first-order valence-electron chi connectivity index (χ1n) is 6.83. The highest BCUT2D eigenvalue weighted by Gasteiger charge is 2.30. The second-order valence-electron chi connectivity index (χ2n) is 5.11. The van der Waals surface area contributed by atoms with Crippen molar-refractivity contribution in [2.45, 2.75) is 25.8 Å². The fourth-order valence-corrected chi connectivity index (χ4v) is 3.36. The molecular weight excluding hydrogens is 302 g/mol. The largest absolute Gasteiger partial charge is 0.453 e. The summed E-state index contributed by atoms with van der Waals surface area (Å²) in [6.07, 6.45) is 2.26. The summed E-state index contributed by atoms with van der Waals surface area (Å²) in [7, 11) is 0. The van der Waals surface area contributed by atoms with Gasteiger partial charge < -0.3 is 9.73 Å². The van der Waals surface area contributed by atoms with Gasteiger partial charge in [0.1, 0.15) is 5.76 Å². The molecule has 0 spiro atoms. The highest BCUT2D eigenvalue weighted by Crippen LogP contribution is 2.36. The minimum atomic E-state index is 0.295. The van der Waals surface area contributed by atoms with Crippen LogP contribution < -0.4 is 5.32 Å². The van der Waals surface area contributed by atoms with Gasteiger partial charge in [-0.1, -0.05) is 31.2 Å². The van der Waals surface area contributed by atoms with Crippen molar-refractivity contribution < 1.29 is 4.42 Å². The summed E-state index contributed by atoms with van der Waals surface area (Å²) in [5.74, 6) is 1.61. The molecule has 0 saturated carbocycles. The van der Waals surface area contributed by atoms with E-state index in [9.17, 15) is 0 Å². The lowest BCUT2D eigenvalue weighted by molar-refractivity contribution is 0.316. The van der Waals surface area contributed by atoms with E-state index < -0.39 is 0 Å². The Bertz CT molecular complexity index is 538. The fourth-order valence-electron chi connectivity index (χ4n) is 3.04. The van der Waals surface area contributed by atoms with Crippen molar-refractivity contribution in [3.63, 3.8) is 0 Å². The minimum absolute atomic E-state index is 0.295. The summed E-state index contributed by atoms with van der Waals surface area (Å²) in [5.41, 5.74) is 2.97. The lowest BCUT2D eigenvalue weighted by Crippen LogP contribution is -2.28. The Balaban J connectivity index is 1.83. The van der Waals surface area contributed by atoms with Gasteiger partial charge in [-0.15, -0.1) is 0 Å². The van der Waals surface area contributed by atoms with Crippen molar-refractivity contribution in [1.29, 1.82) is 0 Å². The average Bonchev–Trinajstić information content (AvgIpc) is 3.01. The second kappa shape index (κ2) is 5.51. The average molecular weight is 320 g/mol. The predicted molar refractivity (Wildman–Crippen MR) is 80.2 cm³/mol. The lowest BCUT2D eigenvalue weighted by atomic mass is 9.94. The van der Waals surface area contributed by atoms with Gasteiger partial charge in [-0.2, -0.15) is 0 Å². The Labute approximate surface area is 122 Å². The smallest absolute Gasteiger partial charge is 0.169 e. The molecule has 1 aliphatic rings. The summed E-state index contributed by atoms with van der Waals surface area (Å²) in [6, 6.07) is 13.1. The van der Waals surface area contributed by atoms with E-state index in [2.05, 4.69) is 58.5 Å². The quantitative estimate of drug-likeness (QED) is 0.917. The standard InChI is InChI=1S/C16H18BrNO/c1-2-18-16(14-7-8-15(17)19-14)13-9-11-5-3-4-6-12(11)10-13/h3-8,13,16,18H,2,9-10H2,1H3. The summed E-state index contributed by atoms with van der Waals surface area (Å²) < 4.78 is 6.57. The monoisotopic (exact) mass is 319 g/mol. The number of halogens is 1. The Kier molecular flexibility index (Phi) is 3.76. The Hall–Kier alpha value is -1.06. The van der Waals surface area contributed by atoms with Crippen LogP contribution in [-0.2, 0) is 12.8 Å². The highest BCUT2D eigenvalue weighted by molar-refractivity contribution is 9.10. The third-order valence-corrected chi connectivity index (χ3v) is 4.30. The Morgan fingerprint density at radius 3 is 2.42 bits per heavy atom. The van der Waals surface area contributed by atoms with Crippen LogP contribution in [-0.4, -0.2) is 6.54 Å².